The molecule has 184 valence electrons. The second kappa shape index (κ2) is 10.8. The van der Waals surface area contributed by atoms with E-state index >= 15 is 0 Å². The van der Waals surface area contributed by atoms with Crippen LogP contribution in [0.4, 0.5) is 5.69 Å². The fourth-order valence-corrected chi connectivity index (χ4v) is 5.31. The van der Waals surface area contributed by atoms with Crippen LogP contribution in [-0.4, -0.2) is 40.7 Å². The van der Waals surface area contributed by atoms with E-state index in [1.807, 2.05) is 36.4 Å². The molecule has 2 unspecified atom stereocenters. The highest BCUT2D eigenvalue weighted by Crippen LogP contribution is 2.43. The summed E-state index contributed by atoms with van der Waals surface area (Å²) >= 11 is -2.54. The van der Waals surface area contributed by atoms with Crippen LogP contribution in [0.25, 0.3) is 11.1 Å². The molecule has 0 bridgehead atoms. The largest absolute Gasteiger partial charge is 0.755 e. The molecule has 2 atom stereocenters. The van der Waals surface area contributed by atoms with Crippen LogP contribution in [-0.2, 0) is 22.5 Å². The van der Waals surface area contributed by atoms with Crippen molar-refractivity contribution in [2.24, 2.45) is 0 Å². The first-order valence-electron chi connectivity index (χ1n) is 11.1. The van der Waals surface area contributed by atoms with Gasteiger partial charge in [0.1, 0.15) is 17.2 Å². The first-order valence-corrected chi connectivity index (χ1v) is 12.1. The molecular formula is C26H26NO7S-. The van der Waals surface area contributed by atoms with E-state index < -0.39 is 29.9 Å². The van der Waals surface area contributed by atoms with Crippen LogP contribution < -0.4 is 18.5 Å². The first-order chi connectivity index (χ1) is 16.9. The standard InChI is InChI=1S/C26H27NO7S/c1-32-23-10-5-11-24(33-2)26(23)17-12-14-18(15-13-17)27(35(30)31)21-8-3-7-20-19(21)6-4-9-22(20)34-16-25(28)29/h4-6,9-15,21H,3,7-8,16H2,1-2H3,(H,28,29)(H,30,31)/p-1. The van der Waals surface area contributed by atoms with Crippen LogP contribution in [0.3, 0.4) is 0 Å². The van der Waals surface area contributed by atoms with Crippen molar-refractivity contribution in [3.8, 4) is 28.4 Å². The monoisotopic (exact) mass is 496 g/mol. The highest BCUT2D eigenvalue weighted by atomic mass is 32.2. The van der Waals surface area contributed by atoms with Gasteiger partial charge in [-0.15, -0.1) is 0 Å². The number of nitrogens with zero attached hydrogens (tertiary/aromatic N) is 1. The van der Waals surface area contributed by atoms with Crippen LogP contribution in [0, 0.1) is 0 Å². The molecule has 35 heavy (non-hydrogen) atoms. The van der Waals surface area contributed by atoms with Gasteiger partial charge in [-0.25, -0.2) is 4.79 Å². The highest BCUT2D eigenvalue weighted by Gasteiger charge is 2.29. The van der Waals surface area contributed by atoms with Crippen LogP contribution in [0.15, 0.2) is 60.7 Å². The molecule has 0 spiro atoms. The Balaban J connectivity index is 1.70. The Morgan fingerprint density at radius 3 is 2.26 bits per heavy atom. The van der Waals surface area contributed by atoms with Crippen molar-refractivity contribution in [3.05, 3.63) is 71.8 Å². The van der Waals surface area contributed by atoms with Crippen molar-refractivity contribution in [2.75, 3.05) is 25.1 Å². The van der Waals surface area contributed by atoms with Gasteiger partial charge in [0.2, 0.25) is 0 Å². The summed E-state index contributed by atoms with van der Waals surface area (Å²) in [5, 5.41) is 8.98. The van der Waals surface area contributed by atoms with E-state index in [4.69, 9.17) is 19.3 Å². The van der Waals surface area contributed by atoms with Crippen LogP contribution >= 0.6 is 0 Å². The molecule has 0 heterocycles. The van der Waals surface area contributed by atoms with Gasteiger partial charge in [0, 0.05) is 17.0 Å². The highest BCUT2D eigenvalue weighted by molar-refractivity contribution is 7.80. The molecule has 3 aromatic rings. The van der Waals surface area contributed by atoms with E-state index in [-0.39, 0.29) is 0 Å². The summed E-state index contributed by atoms with van der Waals surface area (Å²) in [6.07, 6.45) is 2.06. The molecular weight excluding hydrogens is 470 g/mol. The summed E-state index contributed by atoms with van der Waals surface area (Å²) in [5.41, 5.74) is 3.79. The number of methoxy groups -OCH3 is 2. The van der Waals surface area contributed by atoms with Crippen LogP contribution in [0.1, 0.15) is 30.0 Å². The molecule has 4 rings (SSSR count). The second-order valence-corrected chi connectivity index (χ2v) is 8.87. The number of ether oxygens (including phenoxy) is 3. The minimum Gasteiger partial charge on any atom is -0.755 e. The number of fused-ring (bicyclic) bond motifs is 1. The summed E-state index contributed by atoms with van der Waals surface area (Å²) in [5.74, 6) is 0.710. The van der Waals surface area contributed by atoms with Crippen molar-refractivity contribution in [2.45, 2.75) is 25.3 Å². The Bertz CT molecular complexity index is 1210. The van der Waals surface area contributed by atoms with Gasteiger partial charge in [0.15, 0.2) is 6.61 Å². The molecule has 0 aromatic heterocycles. The topological polar surface area (TPSA) is 108 Å². The van der Waals surface area contributed by atoms with E-state index in [2.05, 4.69) is 0 Å². The van der Waals surface area contributed by atoms with E-state index in [0.717, 1.165) is 28.7 Å². The van der Waals surface area contributed by atoms with Crippen molar-refractivity contribution >= 4 is 22.9 Å². The van der Waals surface area contributed by atoms with Crippen molar-refractivity contribution in [3.63, 3.8) is 0 Å². The zero-order valence-electron chi connectivity index (χ0n) is 19.4. The number of hydrogen-bond acceptors (Lipinski definition) is 6. The number of carboxylic acids is 1. The maximum Gasteiger partial charge on any atom is 0.341 e. The molecule has 3 aromatic carbocycles. The first kappa shape index (κ1) is 24.6. The van der Waals surface area contributed by atoms with Gasteiger partial charge in [-0.2, -0.15) is 0 Å². The van der Waals surface area contributed by atoms with Crippen molar-refractivity contribution < 1.29 is 32.9 Å². The number of anilines is 1. The fraction of sp³-hybridized carbons (Fsp3) is 0.269. The third-order valence-electron chi connectivity index (χ3n) is 6.07. The molecule has 0 saturated carbocycles. The molecule has 0 fully saturated rings. The molecule has 1 aliphatic rings. The molecule has 0 amide bonds. The number of benzene rings is 3. The predicted molar refractivity (Wildman–Crippen MR) is 132 cm³/mol. The average molecular weight is 497 g/mol. The molecule has 1 N–H and O–H groups in total. The van der Waals surface area contributed by atoms with E-state index in [0.29, 0.717) is 35.8 Å². The number of carboxylic acid groups (broad SMARTS) is 1. The van der Waals surface area contributed by atoms with Gasteiger partial charge in [-0.05, 0) is 66.3 Å². The minimum atomic E-state index is -2.54. The third-order valence-corrected chi connectivity index (χ3v) is 6.85. The van der Waals surface area contributed by atoms with Gasteiger partial charge in [-0.3, -0.25) is 8.51 Å². The lowest BCUT2D eigenvalue weighted by molar-refractivity contribution is -0.139. The number of hydrogen-bond donors (Lipinski definition) is 1. The maximum atomic E-state index is 12.4. The smallest absolute Gasteiger partial charge is 0.341 e. The number of aliphatic carboxylic acids is 1. The van der Waals surface area contributed by atoms with E-state index in [1.165, 1.54) is 4.31 Å². The quantitative estimate of drug-likeness (QED) is 0.434. The summed E-state index contributed by atoms with van der Waals surface area (Å²) in [6.45, 7) is -0.452. The van der Waals surface area contributed by atoms with E-state index in [1.54, 1.807) is 38.5 Å². The fourth-order valence-electron chi connectivity index (χ4n) is 4.59. The van der Waals surface area contributed by atoms with Gasteiger partial charge in [0.05, 0.1) is 25.8 Å². The minimum absolute atomic E-state index is 0.433. The zero-order chi connectivity index (χ0) is 24.9. The molecule has 0 radical (unpaired) electrons. The van der Waals surface area contributed by atoms with Gasteiger partial charge < -0.3 is 23.9 Å². The Kier molecular flexibility index (Phi) is 7.57. The number of rotatable bonds is 9. The summed E-state index contributed by atoms with van der Waals surface area (Å²) in [4.78, 5) is 11.0. The Hall–Kier alpha value is -3.56. The average Bonchev–Trinajstić information content (AvgIpc) is 2.87. The number of carbonyl (C=O) groups is 1. The van der Waals surface area contributed by atoms with Crippen molar-refractivity contribution in [1.82, 2.24) is 0 Å². The summed E-state index contributed by atoms with van der Waals surface area (Å²) in [7, 11) is 3.17. The normalized spacial score (nSPS) is 15.6. The van der Waals surface area contributed by atoms with Gasteiger partial charge in [-0.1, -0.05) is 30.3 Å². The summed E-state index contributed by atoms with van der Waals surface area (Å²) < 4.78 is 42.7. The molecule has 1 aliphatic carbocycles. The maximum absolute atomic E-state index is 12.4. The second-order valence-electron chi connectivity index (χ2n) is 8.04. The zero-order valence-corrected chi connectivity index (χ0v) is 20.2. The van der Waals surface area contributed by atoms with Crippen LogP contribution in [0.2, 0.25) is 0 Å². The lowest BCUT2D eigenvalue weighted by atomic mass is 9.87. The molecule has 0 saturated heterocycles. The van der Waals surface area contributed by atoms with Gasteiger partial charge in [0.25, 0.3) is 0 Å². The van der Waals surface area contributed by atoms with Crippen molar-refractivity contribution in [1.29, 1.82) is 0 Å². The lowest BCUT2D eigenvalue weighted by Crippen LogP contribution is -2.33. The Labute approximate surface area is 206 Å². The Morgan fingerprint density at radius 2 is 1.66 bits per heavy atom. The predicted octanol–water partition coefficient (Wildman–Crippen LogP) is 4.51. The van der Waals surface area contributed by atoms with Gasteiger partial charge >= 0.3 is 5.97 Å². The van der Waals surface area contributed by atoms with E-state index in [9.17, 15) is 13.6 Å². The summed E-state index contributed by atoms with van der Waals surface area (Å²) in [6, 6.07) is 17.6. The molecule has 8 nitrogen and oxygen atoms in total. The van der Waals surface area contributed by atoms with Crippen LogP contribution in [0.5, 0.6) is 17.2 Å². The molecule has 0 aliphatic heterocycles. The lowest BCUT2D eigenvalue weighted by Gasteiger charge is -2.38. The molecule has 9 heteroatoms. The SMILES string of the molecule is COc1cccc(OC)c1-c1ccc(N(C2CCCc3c(OCC(=O)O)cccc32)S(=O)[O-])cc1. The Morgan fingerprint density at radius 1 is 1.03 bits per heavy atom. The third kappa shape index (κ3) is 5.11.